The van der Waals surface area contributed by atoms with Gasteiger partial charge in [0.25, 0.3) is 0 Å². The molecule has 0 saturated heterocycles. The molecule has 0 aliphatic carbocycles. The van der Waals surface area contributed by atoms with Crippen molar-refractivity contribution in [2.75, 3.05) is 14.2 Å². The van der Waals surface area contributed by atoms with Crippen molar-refractivity contribution in [2.45, 2.75) is 19.8 Å². The molecule has 8 heteroatoms. The maximum Gasteiger partial charge on any atom is 0.336 e. The van der Waals surface area contributed by atoms with E-state index < -0.39 is 35.2 Å². The molecule has 0 bridgehead atoms. The van der Waals surface area contributed by atoms with Gasteiger partial charge in [-0.1, -0.05) is 6.07 Å². The van der Waals surface area contributed by atoms with E-state index in [0.717, 1.165) is 26.4 Å². The molecule has 2 N–H and O–H groups in total. The summed E-state index contributed by atoms with van der Waals surface area (Å²) in [6.45, 7) is 3.09. The molecular weight excluding hydrogens is 336 g/mol. The van der Waals surface area contributed by atoms with Gasteiger partial charge in [0.15, 0.2) is 11.6 Å². The zero-order valence-electron chi connectivity index (χ0n) is 14.1. The van der Waals surface area contributed by atoms with Crippen LogP contribution in [0.15, 0.2) is 34.7 Å². The molecule has 0 amide bonds. The molecule has 1 aromatic carbocycles. The van der Waals surface area contributed by atoms with Crippen molar-refractivity contribution in [3.63, 3.8) is 0 Å². The summed E-state index contributed by atoms with van der Waals surface area (Å²) in [4.78, 5) is 24.5. The largest absolute Gasteiger partial charge is 0.505 e. The van der Waals surface area contributed by atoms with Crippen LogP contribution in [-0.4, -0.2) is 31.3 Å². The third-order valence-corrected chi connectivity index (χ3v) is 3.97. The predicted molar refractivity (Wildman–Crippen MR) is 83.3 cm³/mol. The number of esters is 2. The second kappa shape index (κ2) is 6.92. The van der Waals surface area contributed by atoms with E-state index in [-0.39, 0.29) is 16.7 Å². The second-order valence-electron chi connectivity index (χ2n) is 5.42. The number of carbonyl (C=O) groups is 2. The number of hydrogen-bond acceptors (Lipinski definition) is 6. The molecule has 1 aliphatic rings. The van der Waals surface area contributed by atoms with Crippen molar-refractivity contribution >= 4 is 11.9 Å². The van der Waals surface area contributed by atoms with E-state index in [0.29, 0.717) is 11.4 Å². The predicted octanol–water partition coefficient (Wildman–Crippen LogP) is 2.25. The number of methoxy groups -OCH3 is 2. The summed E-state index contributed by atoms with van der Waals surface area (Å²) in [5.74, 6) is -6.59. The Kier molecular flexibility index (Phi) is 5.10. The molecule has 0 aromatic heterocycles. The van der Waals surface area contributed by atoms with Crippen LogP contribution in [-0.2, 0) is 19.1 Å². The fraction of sp³-hybridized carbons (Fsp3) is 0.294. The first-order valence-electron chi connectivity index (χ1n) is 7.26. The van der Waals surface area contributed by atoms with Crippen molar-refractivity contribution in [1.29, 1.82) is 0 Å². The molecule has 2 rings (SSSR count). The van der Waals surface area contributed by atoms with Gasteiger partial charge in [-0.3, -0.25) is 0 Å². The van der Waals surface area contributed by atoms with Gasteiger partial charge in [0, 0.05) is 17.0 Å². The van der Waals surface area contributed by atoms with Crippen molar-refractivity contribution < 1.29 is 33.0 Å². The van der Waals surface area contributed by atoms with Gasteiger partial charge in [0.05, 0.1) is 31.3 Å². The molecule has 0 unspecified atom stereocenters. The SMILES string of the molecule is COC(=O)C1=C(C)NC(C)=C(C(=O)OC)C1c1ccc(O)c(F)c1F. The van der Waals surface area contributed by atoms with Crippen LogP contribution < -0.4 is 5.32 Å². The van der Waals surface area contributed by atoms with Crippen LogP contribution in [0.4, 0.5) is 8.78 Å². The van der Waals surface area contributed by atoms with E-state index in [2.05, 4.69) is 5.32 Å². The smallest absolute Gasteiger partial charge is 0.336 e. The number of allylic oxidation sites excluding steroid dienone is 2. The van der Waals surface area contributed by atoms with E-state index >= 15 is 0 Å². The number of phenols is 1. The summed E-state index contributed by atoms with van der Waals surface area (Å²) in [5.41, 5.74) is 0.246. The molecule has 134 valence electrons. The molecule has 0 saturated carbocycles. The second-order valence-corrected chi connectivity index (χ2v) is 5.42. The lowest BCUT2D eigenvalue weighted by Crippen LogP contribution is -2.32. The van der Waals surface area contributed by atoms with E-state index in [1.165, 1.54) is 0 Å². The summed E-state index contributed by atoms with van der Waals surface area (Å²) in [5, 5.41) is 12.2. The van der Waals surface area contributed by atoms with Gasteiger partial charge in [-0.2, -0.15) is 4.39 Å². The van der Waals surface area contributed by atoms with Crippen LogP contribution in [0.25, 0.3) is 0 Å². The van der Waals surface area contributed by atoms with Gasteiger partial charge in [-0.15, -0.1) is 0 Å². The number of halogens is 2. The average Bonchev–Trinajstić information content (AvgIpc) is 2.58. The molecule has 1 aliphatic heterocycles. The molecule has 0 radical (unpaired) electrons. The number of aromatic hydroxyl groups is 1. The van der Waals surface area contributed by atoms with Crippen molar-refractivity contribution in [2.24, 2.45) is 0 Å². The van der Waals surface area contributed by atoms with Gasteiger partial charge in [0.1, 0.15) is 0 Å². The summed E-state index contributed by atoms with van der Waals surface area (Å²) in [6.07, 6.45) is 0. The lowest BCUT2D eigenvalue weighted by atomic mass is 9.80. The third-order valence-electron chi connectivity index (χ3n) is 3.97. The first kappa shape index (κ1) is 18.4. The van der Waals surface area contributed by atoms with E-state index in [4.69, 9.17) is 9.47 Å². The lowest BCUT2D eigenvalue weighted by molar-refractivity contribution is -0.137. The zero-order chi connectivity index (χ0) is 18.9. The topological polar surface area (TPSA) is 84.9 Å². The first-order chi connectivity index (χ1) is 11.7. The molecule has 1 aromatic rings. The normalized spacial score (nSPS) is 15.1. The summed E-state index contributed by atoms with van der Waals surface area (Å²) in [7, 11) is 2.27. The highest BCUT2D eigenvalue weighted by molar-refractivity contribution is 5.99. The Labute approximate surface area is 142 Å². The number of hydrogen-bond donors (Lipinski definition) is 2. The fourth-order valence-corrected chi connectivity index (χ4v) is 2.84. The number of nitrogens with one attached hydrogen (secondary N) is 1. The standard InChI is InChI=1S/C17H17F2NO5/c1-7-11(16(22)24-3)13(12(8(2)20-7)17(23)25-4)9-5-6-10(21)15(19)14(9)18/h5-6,13,20-21H,1-4H3. The number of carbonyl (C=O) groups excluding carboxylic acids is 2. The number of ether oxygens (including phenoxy) is 2. The van der Waals surface area contributed by atoms with Gasteiger partial charge >= 0.3 is 11.9 Å². The highest BCUT2D eigenvalue weighted by atomic mass is 19.2. The molecule has 0 atom stereocenters. The minimum atomic E-state index is -1.47. The molecule has 1 heterocycles. The molecule has 0 fully saturated rings. The monoisotopic (exact) mass is 353 g/mol. The van der Waals surface area contributed by atoms with Crippen LogP contribution >= 0.6 is 0 Å². The van der Waals surface area contributed by atoms with Crippen molar-refractivity contribution in [3.05, 3.63) is 51.9 Å². The summed E-state index contributed by atoms with van der Waals surface area (Å²) in [6, 6.07) is 2.06. The van der Waals surface area contributed by atoms with Crippen molar-refractivity contribution in [3.8, 4) is 5.75 Å². The maximum atomic E-state index is 14.5. The fourth-order valence-electron chi connectivity index (χ4n) is 2.84. The Balaban J connectivity index is 2.80. The third kappa shape index (κ3) is 3.07. The molecular formula is C17H17F2NO5. The van der Waals surface area contributed by atoms with Crippen LogP contribution in [0, 0.1) is 11.6 Å². The van der Waals surface area contributed by atoms with Crippen LogP contribution in [0.1, 0.15) is 25.3 Å². The first-order valence-corrected chi connectivity index (χ1v) is 7.26. The number of benzene rings is 1. The Hall–Kier alpha value is -2.90. The van der Waals surface area contributed by atoms with Gasteiger partial charge in [-0.25, -0.2) is 14.0 Å². The van der Waals surface area contributed by atoms with E-state index in [1.807, 2.05) is 0 Å². The van der Waals surface area contributed by atoms with Gasteiger partial charge in [-0.05, 0) is 19.9 Å². The highest BCUT2D eigenvalue weighted by Crippen LogP contribution is 2.41. The van der Waals surface area contributed by atoms with E-state index in [1.54, 1.807) is 13.8 Å². The minimum Gasteiger partial charge on any atom is -0.505 e. The quantitative estimate of drug-likeness (QED) is 0.811. The Bertz CT molecular complexity index is 776. The van der Waals surface area contributed by atoms with Crippen LogP contribution in [0.2, 0.25) is 0 Å². The lowest BCUT2D eigenvalue weighted by Gasteiger charge is -2.30. The minimum absolute atomic E-state index is 0.0579. The van der Waals surface area contributed by atoms with Gasteiger partial charge in [0.2, 0.25) is 5.82 Å². The number of phenolic OH excluding ortho intramolecular Hbond substituents is 1. The van der Waals surface area contributed by atoms with E-state index in [9.17, 15) is 23.5 Å². The van der Waals surface area contributed by atoms with Crippen LogP contribution in [0.3, 0.4) is 0 Å². The number of dihydropyridines is 1. The Morgan fingerprint density at radius 3 is 1.92 bits per heavy atom. The highest BCUT2D eigenvalue weighted by Gasteiger charge is 2.39. The Morgan fingerprint density at radius 1 is 1.00 bits per heavy atom. The van der Waals surface area contributed by atoms with Crippen molar-refractivity contribution in [1.82, 2.24) is 5.32 Å². The maximum absolute atomic E-state index is 14.5. The van der Waals surface area contributed by atoms with Crippen LogP contribution in [0.5, 0.6) is 5.75 Å². The average molecular weight is 353 g/mol. The summed E-state index contributed by atoms with van der Waals surface area (Å²) >= 11 is 0. The molecule has 6 nitrogen and oxygen atoms in total. The summed E-state index contributed by atoms with van der Waals surface area (Å²) < 4.78 is 37.8. The van der Waals surface area contributed by atoms with Gasteiger partial charge < -0.3 is 19.9 Å². The number of rotatable bonds is 3. The molecule has 25 heavy (non-hydrogen) atoms. The zero-order valence-corrected chi connectivity index (χ0v) is 14.1. The Morgan fingerprint density at radius 2 is 1.48 bits per heavy atom. The molecule has 0 spiro atoms.